The van der Waals surface area contributed by atoms with Crippen LogP contribution in [-0.4, -0.2) is 6.67 Å². The Morgan fingerprint density at radius 3 is 2.60 bits per heavy atom. The minimum absolute atomic E-state index is 0.400. The molecule has 1 aromatic rings. The summed E-state index contributed by atoms with van der Waals surface area (Å²) in [7, 11) is 0. The van der Waals surface area contributed by atoms with E-state index >= 15 is 0 Å². The Kier molecular flexibility index (Phi) is 4.07. The molecular weight excluding hydrogens is 187 g/mol. The van der Waals surface area contributed by atoms with Gasteiger partial charge in [-0.25, -0.2) is 0 Å². The fraction of sp³-hybridized carbons (Fsp3) is 0.357. The highest BCUT2D eigenvalue weighted by molar-refractivity contribution is 5.61. The van der Waals surface area contributed by atoms with Crippen LogP contribution in [0.1, 0.15) is 43.4 Å². The molecule has 15 heavy (non-hydrogen) atoms. The molecule has 0 saturated heterocycles. The minimum atomic E-state index is -0.400. The van der Waals surface area contributed by atoms with Crippen LogP contribution in [0.2, 0.25) is 0 Å². The van der Waals surface area contributed by atoms with Crippen molar-refractivity contribution in [3.8, 4) is 0 Å². The van der Waals surface area contributed by atoms with Gasteiger partial charge < -0.3 is 0 Å². The van der Waals surface area contributed by atoms with Crippen molar-refractivity contribution in [3.05, 3.63) is 47.4 Å². The smallest absolute Gasteiger partial charge is 0.0998 e. The molecular formula is C14H18F. The lowest BCUT2D eigenvalue weighted by atomic mass is 9.88. The third-order valence-corrected chi connectivity index (χ3v) is 2.63. The average molecular weight is 205 g/mol. The minimum Gasteiger partial charge on any atom is -0.250 e. The predicted molar refractivity (Wildman–Crippen MR) is 64.6 cm³/mol. The van der Waals surface area contributed by atoms with Gasteiger partial charge in [-0.1, -0.05) is 51.6 Å². The van der Waals surface area contributed by atoms with Crippen LogP contribution in [0.25, 0.3) is 6.08 Å². The highest BCUT2D eigenvalue weighted by Gasteiger charge is 2.13. The predicted octanol–water partition coefficient (Wildman–Crippen LogP) is 4.36. The number of halogens is 1. The Bertz CT molecular complexity index is 339. The molecule has 0 spiro atoms. The van der Waals surface area contributed by atoms with E-state index in [2.05, 4.69) is 26.5 Å². The van der Waals surface area contributed by atoms with Crippen LogP contribution >= 0.6 is 0 Å². The van der Waals surface area contributed by atoms with E-state index in [9.17, 15) is 4.39 Å². The van der Waals surface area contributed by atoms with Crippen molar-refractivity contribution >= 4 is 6.08 Å². The second-order valence-electron chi connectivity index (χ2n) is 4.08. The molecule has 0 heterocycles. The molecule has 0 fully saturated rings. The summed E-state index contributed by atoms with van der Waals surface area (Å²) in [5, 5.41) is 0. The lowest BCUT2D eigenvalue weighted by molar-refractivity contribution is 0.516. The van der Waals surface area contributed by atoms with Crippen molar-refractivity contribution in [1.82, 2.24) is 0 Å². The van der Waals surface area contributed by atoms with E-state index in [-0.39, 0.29) is 0 Å². The molecule has 0 bridgehead atoms. The van der Waals surface area contributed by atoms with Gasteiger partial charge in [-0.15, -0.1) is 0 Å². The zero-order valence-corrected chi connectivity index (χ0v) is 9.68. The SMILES string of the molecule is C=Cc1c([C](C)CF)cccc1C(C)C. The molecule has 0 unspecified atom stereocenters. The van der Waals surface area contributed by atoms with Crippen molar-refractivity contribution < 1.29 is 4.39 Å². The number of hydrogen-bond donors (Lipinski definition) is 0. The van der Waals surface area contributed by atoms with Gasteiger partial charge in [-0.2, -0.15) is 0 Å². The first kappa shape index (κ1) is 12.0. The van der Waals surface area contributed by atoms with E-state index in [1.807, 2.05) is 25.1 Å². The average Bonchev–Trinajstić information content (AvgIpc) is 2.26. The Balaban J connectivity index is 3.28. The zero-order chi connectivity index (χ0) is 11.4. The van der Waals surface area contributed by atoms with Gasteiger partial charge in [0.05, 0.1) is 6.67 Å². The topological polar surface area (TPSA) is 0 Å². The lowest BCUT2D eigenvalue weighted by Gasteiger charge is -2.16. The maximum atomic E-state index is 12.7. The molecule has 0 aromatic heterocycles. The molecule has 0 atom stereocenters. The van der Waals surface area contributed by atoms with E-state index < -0.39 is 6.67 Å². The summed E-state index contributed by atoms with van der Waals surface area (Å²) in [6.45, 7) is 9.51. The summed E-state index contributed by atoms with van der Waals surface area (Å²) in [6, 6.07) is 6.02. The number of rotatable bonds is 4. The molecule has 0 nitrogen and oxygen atoms in total. The van der Waals surface area contributed by atoms with Crippen LogP contribution in [-0.2, 0) is 0 Å². The lowest BCUT2D eigenvalue weighted by Crippen LogP contribution is -2.03. The monoisotopic (exact) mass is 205 g/mol. The summed E-state index contributed by atoms with van der Waals surface area (Å²) in [5.41, 5.74) is 3.29. The maximum Gasteiger partial charge on any atom is 0.0998 e. The van der Waals surface area contributed by atoms with Crippen molar-refractivity contribution in [3.63, 3.8) is 0 Å². The van der Waals surface area contributed by atoms with E-state index in [4.69, 9.17) is 0 Å². The first-order valence-electron chi connectivity index (χ1n) is 5.26. The molecule has 1 radical (unpaired) electrons. The number of hydrogen-bond acceptors (Lipinski definition) is 0. The molecule has 0 aliphatic rings. The van der Waals surface area contributed by atoms with Gasteiger partial charge in [0.1, 0.15) is 0 Å². The third-order valence-electron chi connectivity index (χ3n) is 2.63. The van der Waals surface area contributed by atoms with Crippen molar-refractivity contribution in [2.24, 2.45) is 0 Å². The second-order valence-corrected chi connectivity index (χ2v) is 4.08. The molecule has 1 rings (SSSR count). The molecule has 0 saturated carbocycles. The van der Waals surface area contributed by atoms with Gasteiger partial charge in [-0.3, -0.25) is 4.39 Å². The van der Waals surface area contributed by atoms with Gasteiger partial charge in [0, 0.05) is 5.92 Å². The van der Waals surface area contributed by atoms with E-state index in [0.717, 1.165) is 17.0 Å². The second kappa shape index (κ2) is 5.11. The number of alkyl halides is 1. The fourth-order valence-corrected chi connectivity index (χ4v) is 1.76. The first-order chi connectivity index (χ1) is 7.11. The largest absolute Gasteiger partial charge is 0.250 e. The Hall–Kier alpha value is -1.11. The van der Waals surface area contributed by atoms with Gasteiger partial charge in [0.25, 0.3) is 0 Å². The van der Waals surface area contributed by atoms with E-state index in [0.29, 0.717) is 5.92 Å². The molecule has 1 aromatic carbocycles. The summed E-state index contributed by atoms with van der Waals surface area (Å²) >= 11 is 0. The maximum absolute atomic E-state index is 12.7. The summed E-state index contributed by atoms with van der Waals surface area (Å²) in [4.78, 5) is 0. The molecule has 0 amide bonds. The van der Waals surface area contributed by atoms with Crippen LogP contribution in [0, 0.1) is 5.92 Å². The van der Waals surface area contributed by atoms with E-state index in [1.54, 1.807) is 0 Å². The summed E-state index contributed by atoms with van der Waals surface area (Å²) in [5.74, 6) is 1.21. The quantitative estimate of drug-likeness (QED) is 0.685. The zero-order valence-electron chi connectivity index (χ0n) is 9.68. The highest BCUT2D eigenvalue weighted by atomic mass is 19.1. The van der Waals surface area contributed by atoms with Crippen molar-refractivity contribution in [2.75, 3.05) is 6.67 Å². The number of benzene rings is 1. The summed E-state index contributed by atoms with van der Waals surface area (Å²) < 4.78 is 12.7. The van der Waals surface area contributed by atoms with Crippen molar-refractivity contribution in [2.45, 2.75) is 26.7 Å². The van der Waals surface area contributed by atoms with Crippen LogP contribution < -0.4 is 0 Å². The standard InChI is InChI=1S/C14H18F/c1-5-12-13(10(2)3)7-6-8-14(12)11(4)9-15/h5-8,10H,1,9H2,2-4H3. The van der Waals surface area contributed by atoms with E-state index in [1.165, 1.54) is 5.56 Å². The van der Waals surface area contributed by atoms with Gasteiger partial charge in [0.15, 0.2) is 0 Å². The molecule has 81 valence electrons. The molecule has 0 aliphatic heterocycles. The molecule has 0 aliphatic carbocycles. The highest BCUT2D eigenvalue weighted by Crippen LogP contribution is 2.28. The van der Waals surface area contributed by atoms with Gasteiger partial charge >= 0.3 is 0 Å². The summed E-state index contributed by atoms with van der Waals surface area (Å²) in [6.07, 6.45) is 1.82. The first-order valence-corrected chi connectivity index (χ1v) is 5.26. The Morgan fingerprint density at radius 2 is 2.13 bits per heavy atom. The van der Waals surface area contributed by atoms with Crippen LogP contribution in [0.3, 0.4) is 0 Å². The van der Waals surface area contributed by atoms with Crippen LogP contribution in [0.4, 0.5) is 4.39 Å². The Morgan fingerprint density at radius 1 is 1.47 bits per heavy atom. The van der Waals surface area contributed by atoms with Crippen molar-refractivity contribution in [1.29, 1.82) is 0 Å². The fourth-order valence-electron chi connectivity index (χ4n) is 1.76. The Labute approximate surface area is 91.8 Å². The van der Waals surface area contributed by atoms with Crippen LogP contribution in [0.5, 0.6) is 0 Å². The normalized spacial score (nSPS) is 11.1. The van der Waals surface area contributed by atoms with Crippen LogP contribution in [0.15, 0.2) is 24.8 Å². The van der Waals surface area contributed by atoms with Gasteiger partial charge in [0.2, 0.25) is 0 Å². The molecule has 0 N–H and O–H groups in total. The van der Waals surface area contributed by atoms with Gasteiger partial charge in [-0.05, 0) is 22.6 Å². The molecule has 1 heteroatoms. The third kappa shape index (κ3) is 2.47.